The normalized spacial score (nSPS) is 10.8. The highest BCUT2D eigenvalue weighted by Crippen LogP contribution is 2.14. The summed E-state index contributed by atoms with van der Waals surface area (Å²) >= 11 is 3.42. The van der Waals surface area contributed by atoms with Crippen LogP contribution in [0.2, 0.25) is 0 Å². The highest BCUT2D eigenvalue weighted by molar-refractivity contribution is 9.10. The zero-order valence-corrected chi connectivity index (χ0v) is 16.0. The molecule has 25 heavy (non-hydrogen) atoms. The molecule has 0 saturated carbocycles. The van der Waals surface area contributed by atoms with E-state index in [0.717, 1.165) is 16.5 Å². The number of aryl methyl sites for hydroxylation is 1. The first kappa shape index (κ1) is 19.2. The van der Waals surface area contributed by atoms with Crippen LogP contribution in [0.4, 0.5) is 0 Å². The first-order valence-corrected chi connectivity index (χ1v) is 9.26. The second-order valence-corrected chi connectivity index (χ2v) is 6.56. The van der Waals surface area contributed by atoms with Crippen molar-refractivity contribution in [3.05, 3.63) is 64.1 Å². The molecule has 0 unspecified atom stereocenters. The molecule has 2 rings (SSSR count). The van der Waals surface area contributed by atoms with Gasteiger partial charge in [-0.25, -0.2) is 5.43 Å². The van der Waals surface area contributed by atoms with Crippen LogP contribution in [0.5, 0.6) is 5.75 Å². The zero-order valence-electron chi connectivity index (χ0n) is 14.4. The van der Waals surface area contributed by atoms with E-state index in [1.54, 1.807) is 6.21 Å². The molecule has 2 aromatic rings. The molecule has 0 bridgehead atoms. The summed E-state index contributed by atoms with van der Waals surface area (Å²) in [6, 6.07) is 15.5. The molecule has 2 aromatic carbocycles. The summed E-state index contributed by atoms with van der Waals surface area (Å²) in [4.78, 5) is 11.8. The average Bonchev–Trinajstić information content (AvgIpc) is 2.63. The number of rotatable bonds is 9. The third-order valence-corrected chi connectivity index (χ3v) is 4.38. The lowest BCUT2D eigenvalue weighted by Crippen LogP contribution is -2.24. The minimum atomic E-state index is -0.296. The molecule has 0 aromatic heterocycles. The molecule has 0 aliphatic carbocycles. The third-order valence-electron chi connectivity index (χ3n) is 3.66. The fourth-order valence-corrected chi connectivity index (χ4v) is 2.65. The molecule has 5 heteroatoms. The van der Waals surface area contributed by atoms with Gasteiger partial charge >= 0.3 is 0 Å². The Labute approximate surface area is 157 Å². The number of ether oxygens (including phenoxy) is 1. The number of benzene rings is 2. The van der Waals surface area contributed by atoms with Crippen molar-refractivity contribution in [2.24, 2.45) is 5.10 Å². The van der Waals surface area contributed by atoms with Crippen molar-refractivity contribution >= 4 is 28.1 Å². The zero-order chi connectivity index (χ0) is 17.9. The number of nitrogens with one attached hydrogen (secondary N) is 1. The van der Waals surface area contributed by atoms with Gasteiger partial charge in [0.05, 0.1) is 6.21 Å². The summed E-state index contributed by atoms with van der Waals surface area (Å²) in [6.45, 7) is 2.13. The van der Waals surface area contributed by atoms with Crippen LogP contribution in [0, 0.1) is 0 Å². The smallest absolute Gasteiger partial charge is 0.277 e. The first-order chi connectivity index (χ1) is 12.2. The molecule has 1 N–H and O–H groups in total. The number of carbonyl (C=O) groups is 1. The van der Waals surface area contributed by atoms with Gasteiger partial charge in [0, 0.05) is 10.0 Å². The second-order valence-electron chi connectivity index (χ2n) is 5.70. The van der Waals surface area contributed by atoms with E-state index in [1.807, 2.05) is 48.5 Å². The SMILES string of the molecule is CCCCCc1ccc(OCC(=O)N/N=C\c2ccccc2Br)cc1. The maximum absolute atomic E-state index is 11.8. The topological polar surface area (TPSA) is 50.7 Å². The summed E-state index contributed by atoms with van der Waals surface area (Å²) in [7, 11) is 0. The van der Waals surface area contributed by atoms with Crippen LogP contribution in [-0.2, 0) is 11.2 Å². The molecule has 0 aliphatic rings. The van der Waals surface area contributed by atoms with Crippen LogP contribution in [-0.4, -0.2) is 18.7 Å². The van der Waals surface area contributed by atoms with E-state index in [-0.39, 0.29) is 12.5 Å². The molecule has 0 fully saturated rings. The van der Waals surface area contributed by atoms with Crippen molar-refractivity contribution in [1.82, 2.24) is 5.43 Å². The molecule has 1 amide bonds. The number of hydrazone groups is 1. The second kappa shape index (κ2) is 10.7. The van der Waals surface area contributed by atoms with Gasteiger partial charge in [-0.2, -0.15) is 5.10 Å². The average molecular weight is 403 g/mol. The predicted octanol–water partition coefficient (Wildman–Crippen LogP) is 4.71. The fourth-order valence-electron chi connectivity index (χ4n) is 2.27. The quantitative estimate of drug-likeness (QED) is 0.375. The Morgan fingerprint density at radius 3 is 2.64 bits per heavy atom. The van der Waals surface area contributed by atoms with Crippen LogP contribution >= 0.6 is 15.9 Å². The van der Waals surface area contributed by atoms with Gasteiger partial charge in [-0.05, 0) is 36.6 Å². The van der Waals surface area contributed by atoms with Gasteiger partial charge < -0.3 is 4.74 Å². The Hall–Kier alpha value is -2.14. The minimum Gasteiger partial charge on any atom is -0.484 e. The standard InChI is InChI=1S/C20H23BrN2O2/c1-2-3-4-7-16-10-12-18(13-11-16)25-15-20(24)23-22-14-17-8-5-6-9-19(17)21/h5-6,8-14H,2-4,7,15H2,1H3,(H,23,24)/b22-14-. The van der Waals surface area contributed by atoms with Crippen molar-refractivity contribution in [1.29, 1.82) is 0 Å². The van der Waals surface area contributed by atoms with E-state index in [1.165, 1.54) is 24.8 Å². The van der Waals surface area contributed by atoms with Gasteiger partial charge in [0.15, 0.2) is 6.61 Å². The molecular weight excluding hydrogens is 380 g/mol. The number of nitrogens with zero attached hydrogens (tertiary/aromatic N) is 1. The van der Waals surface area contributed by atoms with Gasteiger partial charge in [0.2, 0.25) is 0 Å². The highest BCUT2D eigenvalue weighted by atomic mass is 79.9. The fraction of sp³-hybridized carbons (Fsp3) is 0.300. The molecule has 0 radical (unpaired) electrons. The van der Waals surface area contributed by atoms with Crippen LogP contribution in [0.1, 0.15) is 37.3 Å². The van der Waals surface area contributed by atoms with Crippen LogP contribution in [0.15, 0.2) is 58.1 Å². The largest absolute Gasteiger partial charge is 0.484 e. The summed E-state index contributed by atoms with van der Waals surface area (Å²) in [5, 5.41) is 3.94. The lowest BCUT2D eigenvalue weighted by atomic mass is 10.1. The monoisotopic (exact) mass is 402 g/mol. The van der Waals surface area contributed by atoms with Gasteiger partial charge in [0.25, 0.3) is 5.91 Å². The lowest BCUT2D eigenvalue weighted by Gasteiger charge is -2.06. The Bertz CT molecular complexity index is 699. The Morgan fingerprint density at radius 1 is 1.16 bits per heavy atom. The van der Waals surface area contributed by atoms with Gasteiger partial charge in [-0.1, -0.05) is 66.0 Å². The van der Waals surface area contributed by atoms with Crippen LogP contribution < -0.4 is 10.2 Å². The maximum Gasteiger partial charge on any atom is 0.277 e. The summed E-state index contributed by atoms with van der Waals surface area (Å²) < 4.78 is 6.40. The van der Waals surface area contributed by atoms with Crippen molar-refractivity contribution in [3.8, 4) is 5.75 Å². The van der Waals surface area contributed by atoms with E-state index in [2.05, 4.69) is 33.4 Å². The molecular formula is C20H23BrN2O2. The number of hydrogen-bond acceptors (Lipinski definition) is 3. The molecule has 0 spiro atoms. The van der Waals surface area contributed by atoms with E-state index in [0.29, 0.717) is 5.75 Å². The highest BCUT2D eigenvalue weighted by Gasteiger charge is 2.02. The van der Waals surface area contributed by atoms with Gasteiger partial charge in [-0.15, -0.1) is 0 Å². The van der Waals surface area contributed by atoms with Gasteiger partial charge in [0.1, 0.15) is 5.75 Å². The van der Waals surface area contributed by atoms with E-state index in [4.69, 9.17) is 4.74 Å². The Morgan fingerprint density at radius 2 is 1.92 bits per heavy atom. The molecule has 0 aliphatic heterocycles. The van der Waals surface area contributed by atoms with Crippen molar-refractivity contribution in [3.63, 3.8) is 0 Å². The molecule has 0 saturated heterocycles. The lowest BCUT2D eigenvalue weighted by molar-refractivity contribution is -0.123. The van der Waals surface area contributed by atoms with Crippen LogP contribution in [0.25, 0.3) is 0 Å². The number of unbranched alkanes of at least 4 members (excludes halogenated alkanes) is 2. The first-order valence-electron chi connectivity index (χ1n) is 8.47. The number of halogens is 1. The number of carbonyl (C=O) groups excluding carboxylic acids is 1. The summed E-state index contributed by atoms with van der Waals surface area (Å²) in [5.74, 6) is 0.388. The van der Waals surface area contributed by atoms with Crippen LogP contribution in [0.3, 0.4) is 0 Å². The number of hydrogen-bond donors (Lipinski definition) is 1. The molecule has 4 nitrogen and oxygen atoms in total. The Balaban J connectivity index is 1.73. The summed E-state index contributed by atoms with van der Waals surface area (Å²) in [5.41, 5.74) is 4.64. The predicted molar refractivity (Wildman–Crippen MR) is 105 cm³/mol. The van der Waals surface area contributed by atoms with Crippen molar-refractivity contribution in [2.45, 2.75) is 32.6 Å². The molecule has 0 atom stereocenters. The maximum atomic E-state index is 11.8. The number of amides is 1. The Kier molecular flexibility index (Phi) is 8.19. The van der Waals surface area contributed by atoms with Gasteiger partial charge in [-0.3, -0.25) is 4.79 Å². The molecule has 0 heterocycles. The van der Waals surface area contributed by atoms with Crippen molar-refractivity contribution in [2.75, 3.05) is 6.61 Å². The molecule has 132 valence electrons. The third kappa shape index (κ3) is 7.10. The van der Waals surface area contributed by atoms with E-state index >= 15 is 0 Å². The van der Waals surface area contributed by atoms with E-state index in [9.17, 15) is 4.79 Å². The summed E-state index contributed by atoms with van der Waals surface area (Å²) in [6.07, 6.45) is 6.35. The van der Waals surface area contributed by atoms with E-state index < -0.39 is 0 Å². The van der Waals surface area contributed by atoms with Crippen molar-refractivity contribution < 1.29 is 9.53 Å². The minimum absolute atomic E-state index is 0.0670.